The van der Waals surface area contributed by atoms with Crippen LogP contribution in [-0.2, 0) is 0 Å². The Morgan fingerprint density at radius 1 is 1.08 bits per heavy atom. The molecule has 1 fully saturated rings. The molecule has 1 aromatic heterocycles. The van der Waals surface area contributed by atoms with Crippen molar-refractivity contribution in [3.8, 4) is 22.9 Å². The molecule has 120 valence electrons. The average molecular weight is 381 g/mol. The molecule has 1 N–H and O–H groups in total. The molecule has 0 bridgehead atoms. The van der Waals surface area contributed by atoms with Crippen LogP contribution in [0, 0.1) is 11.3 Å². The van der Waals surface area contributed by atoms with Gasteiger partial charge in [-0.25, -0.2) is 0 Å². The van der Waals surface area contributed by atoms with Gasteiger partial charge >= 0.3 is 0 Å². The van der Waals surface area contributed by atoms with Gasteiger partial charge in [0.05, 0.1) is 6.10 Å². The van der Waals surface area contributed by atoms with Crippen molar-refractivity contribution in [1.82, 2.24) is 4.98 Å². The van der Waals surface area contributed by atoms with Crippen molar-refractivity contribution < 1.29 is 4.74 Å². The summed E-state index contributed by atoms with van der Waals surface area (Å²) in [5.41, 5.74) is 3.53. The van der Waals surface area contributed by atoms with Crippen molar-refractivity contribution in [2.24, 2.45) is 0 Å². The average Bonchev–Trinajstić information content (AvgIpc) is 3.22. The van der Waals surface area contributed by atoms with Crippen molar-refractivity contribution in [3.63, 3.8) is 0 Å². The highest BCUT2D eigenvalue weighted by atomic mass is 79.9. The van der Waals surface area contributed by atoms with Gasteiger partial charge in [-0.1, -0.05) is 28.1 Å². The van der Waals surface area contributed by atoms with Gasteiger partial charge in [0.1, 0.15) is 17.5 Å². The quantitative estimate of drug-likeness (QED) is 0.624. The number of fused-ring (bicyclic) bond motifs is 1. The fourth-order valence-electron chi connectivity index (χ4n) is 3.45. The third kappa shape index (κ3) is 2.81. The maximum absolute atomic E-state index is 9.48. The Bertz CT molecular complexity index is 915. The molecule has 0 saturated heterocycles. The highest BCUT2D eigenvalue weighted by Gasteiger charge is 2.17. The van der Waals surface area contributed by atoms with Gasteiger partial charge in [-0.05, 0) is 61.6 Å². The summed E-state index contributed by atoms with van der Waals surface area (Å²) in [4.78, 5) is 3.20. The van der Waals surface area contributed by atoms with E-state index in [1.165, 1.54) is 12.8 Å². The molecule has 1 aliphatic carbocycles. The van der Waals surface area contributed by atoms with Crippen LogP contribution in [0.25, 0.3) is 22.0 Å². The van der Waals surface area contributed by atoms with Crippen LogP contribution < -0.4 is 4.74 Å². The van der Waals surface area contributed by atoms with Crippen molar-refractivity contribution in [3.05, 3.63) is 52.6 Å². The fraction of sp³-hybridized carbons (Fsp3) is 0.250. The van der Waals surface area contributed by atoms with Gasteiger partial charge in [0.2, 0.25) is 0 Å². The highest BCUT2D eigenvalue weighted by molar-refractivity contribution is 9.10. The Labute approximate surface area is 149 Å². The van der Waals surface area contributed by atoms with Crippen LogP contribution in [-0.4, -0.2) is 11.1 Å². The van der Waals surface area contributed by atoms with Crippen molar-refractivity contribution >= 4 is 26.8 Å². The van der Waals surface area contributed by atoms with E-state index in [1.807, 2.05) is 42.5 Å². The molecule has 0 spiro atoms. The molecule has 0 atom stereocenters. The minimum absolute atomic E-state index is 0.356. The molecule has 1 aliphatic rings. The molecule has 3 nitrogen and oxygen atoms in total. The number of aromatic amines is 1. The Morgan fingerprint density at radius 3 is 2.54 bits per heavy atom. The summed E-state index contributed by atoms with van der Waals surface area (Å²) in [5, 5.41) is 10.5. The Balaban J connectivity index is 1.71. The number of ether oxygens (including phenoxy) is 1. The monoisotopic (exact) mass is 380 g/mol. The molecule has 0 radical (unpaired) electrons. The lowest BCUT2D eigenvalue weighted by atomic mass is 10.0. The van der Waals surface area contributed by atoms with E-state index >= 15 is 0 Å². The summed E-state index contributed by atoms with van der Waals surface area (Å²) < 4.78 is 7.03. The van der Waals surface area contributed by atoms with Crippen LogP contribution in [0.1, 0.15) is 31.4 Å². The van der Waals surface area contributed by atoms with Crippen molar-refractivity contribution in [1.29, 1.82) is 5.26 Å². The van der Waals surface area contributed by atoms with Gasteiger partial charge in [-0.15, -0.1) is 0 Å². The normalized spacial score (nSPS) is 14.8. The molecule has 1 saturated carbocycles. The predicted molar refractivity (Wildman–Crippen MR) is 99.0 cm³/mol. The third-order valence-electron chi connectivity index (χ3n) is 4.62. The molecule has 0 amide bonds. The number of nitrogens with one attached hydrogen (secondary N) is 1. The topological polar surface area (TPSA) is 48.8 Å². The number of rotatable bonds is 3. The van der Waals surface area contributed by atoms with E-state index in [0.29, 0.717) is 11.8 Å². The summed E-state index contributed by atoms with van der Waals surface area (Å²) >= 11 is 3.51. The second kappa shape index (κ2) is 6.33. The minimum atomic E-state index is 0.356. The Hall–Kier alpha value is -2.25. The SMILES string of the molecule is N#Cc1[nH]c2ccc(Br)cc2c1-c1ccc(OC2CCCC2)cc1. The summed E-state index contributed by atoms with van der Waals surface area (Å²) in [7, 11) is 0. The first-order chi connectivity index (χ1) is 11.7. The number of H-pyrrole nitrogens is 1. The van der Waals surface area contributed by atoms with E-state index < -0.39 is 0 Å². The summed E-state index contributed by atoms with van der Waals surface area (Å²) in [6, 6.07) is 16.4. The zero-order valence-corrected chi connectivity index (χ0v) is 14.8. The van der Waals surface area contributed by atoms with Gasteiger partial charge in [0.25, 0.3) is 0 Å². The number of nitriles is 1. The molecule has 24 heavy (non-hydrogen) atoms. The minimum Gasteiger partial charge on any atom is -0.490 e. The second-order valence-electron chi connectivity index (χ2n) is 6.23. The zero-order chi connectivity index (χ0) is 16.5. The van der Waals surface area contributed by atoms with E-state index in [-0.39, 0.29) is 0 Å². The van der Waals surface area contributed by atoms with Crippen LogP contribution >= 0.6 is 15.9 Å². The maximum Gasteiger partial charge on any atom is 0.126 e. The van der Waals surface area contributed by atoms with Crippen LogP contribution in [0.5, 0.6) is 5.75 Å². The predicted octanol–water partition coefficient (Wildman–Crippen LogP) is 5.79. The van der Waals surface area contributed by atoms with E-state index in [0.717, 1.165) is 45.1 Å². The van der Waals surface area contributed by atoms with Crippen molar-refractivity contribution in [2.75, 3.05) is 0 Å². The standard InChI is InChI=1S/C20H17BrN2O/c21-14-7-10-18-17(11-14)20(19(12-22)23-18)13-5-8-16(9-6-13)24-15-3-1-2-4-15/h5-11,15,23H,1-4H2. The molecule has 2 aromatic carbocycles. The first-order valence-electron chi connectivity index (χ1n) is 8.23. The zero-order valence-electron chi connectivity index (χ0n) is 13.2. The lowest BCUT2D eigenvalue weighted by Crippen LogP contribution is -2.10. The first-order valence-corrected chi connectivity index (χ1v) is 9.02. The second-order valence-corrected chi connectivity index (χ2v) is 7.14. The summed E-state index contributed by atoms with van der Waals surface area (Å²) in [5.74, 6) is 0.908. The van der Waals surface area contributed by atoms with Gasteiger partial charge in [0, 0.05) is 20.9 Å². The molecule has 3 aromatic rings. The van der Waals surface area contributed by atoms with Crippen LogP contribution in [0.4, 0.5) is 0 Å². The lowest BCUT2D eigenvalue weighted by Gasteiger charge is -2.13. The summed E-state index contributed by atoms with van der Waals surface area (Å²) in [6.07, 6.45) is 5.18. The van der Waals surface area contributed by atoms with Gasteiger partial charge in [0.15, 0.2) is 0 Å². The first kappa shape index (κ1) is 15.3. The van der Waals surface area contributed by atoms with E-state index in [4.69, 9.17) is 4.74 Å². The molecule has 4 rings (SSSR count). The Kier molecular flexibility index (Phi) is 4.03. The van der Waals surface area contributed by atoms with E-state index in [1.54, 1.807) is 0 Å². The molecule has 0 aliphatic heterocycles. The van der Waals surface area contributed by atoms with E-state index in [9.17, 15) is 5.26 Å². The molecular formula is C20H17BrN2O. The number of aromatic nitrogens is 1. The van der Waals surface area contributed by atoms with Crippen molar-refractivity contribution in [2.45, 2.75) is 31.8 Å². The Morgan fingerprint density at radius 2 is 1.83 bits per heavy atom. The van der Waals surface area contributed by atoms with Gasteiger partial charge in [-0.2, -0.15) is 5.26 Å². The maximum atomic E-state index is 9.48. The van der Waals surface area contributed by atoms with Crippen LogP contribution in [0.3, 0.4) is 0 Å². The van der Waals surface area contributed by atoms with Crippen LogP contribution in [0.2, 0.25) is 0 Å². The number of hydrogen-bond acceptors (Lipinski definition) is 2. The van der Waals surface area contributed by atoms with Crippen LogP contribution in [0.15, 0.2) is 46.9 Å². The number of benzene rings is 2. The largest absolute Gasteiger partial charge is 0.490 e. The molecule has 0 unspecified atom stereocenters. The number of hydrogen-bond donors (Lipinski definition) is 1. The molecule has 1 heterocycles. The highest BCUT2D eigenvalue weighted by Crippen LogP contribution is 2.35. The summed E-state index contributed by atoms with van der Waals surface area (Å²) in [6.45, 7) is 0. The number of nitrogens with zero attached hydrogens (tertiary/aromatic N) is 1. The lowest BCUT2D eigenvalue weighted by molar-refractivity contribution is 0.210. The van der Waals surface area contributed by atoms with E-state index in [2.05, 4.69) is 27.0 Å². The smallest absolute Gasteiger partial charge is 0.126 e. The number of halogens is 1. The fourth-order valence-corrected chi connectivity index (χ4v) is 3.81. The van der Waals surface area contributed by atoms with Gasteiger partial charge < -0.3 is 9.72 Å². The third-order valence-corrected chi connectivity index (χ3v) is 5.11. The molecule has 4 heteroatoms. The van der Waals surface area contributed by atoms with Gasteiger partial charge in [-0.3, -0.25) is 0 Å². The molecular weight excluding hydrogens is 364 g/mol.